The Kier molecular flexibility index (Phi) is 5.17. The number of nitrogens with zero attached hydrogens (tertiary/aromatic N) is 1. The van der Waals surface area contributed by atoms with E-state index in [0.29, 0.717) is 31.1 Å². The Morgan fingerprint density at radius 3 is 2.81 bits per heavy atom. The second-order valence-corrected chi connectivity index (χ2v) is 6.87. The summed E-state index contributed by atoms with van der Waals surface area (Å²) in [6.07, 6.45) is 3.09. The zero-order valence-corrected chi connectivity index (χ0v) is 12.5. The lowest BCUT2D eigenvalue weighted by Crippen LogP contribution is -2.26. The number of hydrogen-bond donors (Lipinski definition) is 2. The van der Waals surface area contributed by atoms with E-state index in [1.165, 1.54) is 31.0 Å². The van der Waals surface area contributed by atoms with Gasteiger partial charge in [0.2, 0.25) is 10.0 Å². The van der Waals surface area contributed by atoms with Gasteiger partial charge in [-0.3, -0.25) is 0 Å². The Morgan fingerprint density at radius 2 is 2.19 bits per heavy atom. The highest BCUT2D eigenvalue weighted by molar-refractivity contribution is 7.89. The molecule has 1 aliphatic rings. The van der Waals surface area contributed by atoms with Gasteiger partial charge in [0.05, 0.1) is 17.3 Å². The van der Waals surface area contributed by atoms with Crippen molar-refractivity contribution in [1.82, 2.24) is 4.72 Å². The number of nitriles is 1. The van der Waals surface area contributed by atoms with Gasteiger partial charge >= 0.3 is 0 Å². The van der Waals surface area contributed by atoms with Gasteiger partial charge in [-0.2, -0.15) is 5.26 Å². The molecule has 0 radical (unpaired) electrons. The predicted octanol–water partition coefficient (Wildman–Crippen LogP) is 1.24. The molecule has 0 amide bonds. The molecule has 0 bridgehead atoms. The quantitative estimate of drug-likeness (QED) is 0.555. The van der Waals surface area contributed by atoms with Gasteiger partial charge in [0.1, 0.15) is 4.90 Å². The van der Waals surface area contributed by atoms with E-state index in [9.17, 15) is 8.42 Å². The van der Waals surface area contributed by atoms with Crippen LogP contribution in [0.4, 0.5) is 5.69 Å². The molecule has 0 heterocycles. The zero-order chi connectivity index (χ0) is 15.3. The van der Waals surface area contributed by atoms with E-state index in [1.54, 1.807) is 0 Å². The maximum absolute atomic E-state index is 12.1. The molecule has 21 heavy (non-hydrogen) atoms. The van der Waals surface area contributed by atoms with Crippen molar-refractivity contribution in [3.63, 3.8) is 0 Å². The standard InChI is InChI=1S/C14H19N3O3S/c15-9-12-4-5-14(13(16)8-12)21(18,19)17-6-1-7-20-10-11-2-3-11/h4-5,8,11,17H,1-3,6-7,10,16H2. The third-order valence-corrected chi connectivity index (χ3v) is 4.77. The van der Waals surface area contributed by atoms with Gasteiger partial charge in [-0.05, 0) is 43.4 Å². The summed E-state index contributed by atoms with van der Waals surface area (Å²) in [4.78, 5) is 0.000369. The van der Waals surface area contributed by atoms with Crippen LogP contribution in [-0.4, -0.2) is 28.2 Å². The number of nitrogens with one attached hydrogen (secondary N) is 1. The molecule has 0 aliphatic heterocycles. The zero-order valence-electron chi connectivity index (χ0n) is 11.7. The lowest BCUT2D eigenvalue weighted by atomic mass is 10.2. The normalized spacial score (nSPS) is 14.8. The van der Waals surface area contributed by atoms with Crippen molar-refractivity contribution in [3.05, 3.63) is 23.8 Å². The van der Waals surface area contributed by atoms with E-state index in [-0.39, 0.29) is 10.6 Å². The van der Waals surface area contributed by atoms with E-state index in [4.69, 9.17) is 15.7 Å². The third kappa shape index (κ3) is 4.70. The van der Waals surface area contributed by atoms with Crippen LogP contribution in [0.5, 0.6) is 0 Å². The molecule has 2 rings (SSSR count). The topological polar surface area (TPSA) is 105 Å². The summed E-state index contributed by atoms with van der Waals surface area (Å²) in [6, 6.07) is 6.05. The second kappa shape index (κ2) is 6.89. The fourth-order valence-electron chi connectivity index (χ4n) is 1.86. The predicted molar refractivity (Wildman–Crippen MR) is 78.9 cm³/mol. The lowest BCUT2D eigenvalue weighted by molar-refractivity contribution is 0.123. The fraction of sp³-hybridized carbons (Fsp3) is 0.500. The van der Waals surface area contributed by atoms with Crippen LogP contribution in [0.15, 0.2) is 23.1 Å². The summed E-state index contributed by atoms with van der Waals surface area (Å²) in [5, 5.41) is 8.74. The molecule has 114 valence electrons. The van der Waals surface area contributed by atoms with Crippen LogP contribution in [0, 0.1) is 17.2 Å². The summed E-state index contributed by atoms with van der Waals surface area (Å²) in [7, 11) is -3.65. The van der Waals surface area contributed by atoms with Gasteiger partial charge in [0.15, 0.2) is 0 Å². The summed E-state index contributed by atoms with van der Waals surface area (Å²) in [5.74, 6) is 0.708. The largest absolute Gasteiger partial charge is 0.398 e. The van der Waals surface area contributed by atoms with E-state index in [2.05, 4.69) is 4.72 Å². The molecule has 1 saturated carbocycles. The first-order valence-corrected chi connectivity index (χ1v) is 8.38. The third-order valence-electron chi connectivity index (χ3n) is 3.24. The monoisotopic (exact) mass is 309 g/mol. The number of ether oxygens (including phenoxy) is 1. The van der Waals surface area contributed by atoms with Crippen LogP contribution in [0.3, 0.4) is 0 Å². The van der Waals surface area contributed by atoms with Crippen LogP contribution in [-0.2, 0) is 14.8 Å². The maximum Gasteiger partial charge on any atom is 0.242 e. The summed E-state index contributed by atoms with van der Waals surface area (Å²) < 4.78 is 32.1. The van der Waals surface area contributed by atoms with Gasteiger partial charge in [0, 0.05) is 19.8 Å². The number of nitrogens with two attached hydrogens (primary N) is 1. The highest BCUT2D eigenvalue weighted by Crippen LogP contribution is 2.28. The molecule has 0 unspecified atom stereocenters. The van der Waals surface area contributed by atoms with Crippen molar-refractivity contribution in [1.29, 1.82) is 5.26 Å². The maximum atomic E-state index is 12.1. The molecule has 1 fully saturated rings. The number of hydrogen-bond acceptors (Lipinski definition) is 5. The summed E-state index contributed by atoms with van der Waals surface area (Å²) in [6.45, 7) is 1.61. The first-order chi connectivity index (χ1) is 10.0. The molecule has 0 saturated heterocycles. The second-order valence-electron chi connectivity index (χ2n) is 5.13. The summed E-state index contributed by atoms with van der Waals surface area (Å²) >= 11 is 0. The van der Waals surface area contributed by atoms with Crippen LogP contribution in [0.1, 0.15) is 24.8 Å². The summed E-state index contributed by atoms with van der Waals surface area (Å²) in [5.41, 5.74) is 6.09. The Morgan fingerprint density at radius 1 is 1.43 bits per heavy atom. The molecule has 3 N–H and O–H groups in total. The van der Waals surface area contributed by atoms with Crippen molar-refractivity contribution in [3.8, 4) is 6.07 Å². The number of rotatable bonds is 8. The molecule has 1 aromatic rings. The van der Waals surface area contributed by atoms with E-state index >= 15 is 0 Å². The van der Waals surface area contributed by atoms with E-state index in [0.717, 1.165) is 6.61 Å². The van der Waals surface area contributed by atoms with Crippen LogP contribution in [0.25, 0.3) is 0 Å². The molecular weight excluding hydrogens is 290 g/mol. The SMILES string of the molecule is N#Cc1ccc(S(=O)(=O)NCCCOCC2CC2)c(N)c1. The Bertz CT molecular complexity index is 633. The number of benzene rings is 1. The average Bonchev–Trinajstić information content (AvgIpc) is 3.26. The molecule has 1 aliphatic carbocycles. The van der Waals surface area contributed by atoms with Gasteiger partial charge in [-0.25, -0.2) is 13.1 Å². The minimum absolute atomic E-state index is 0.000369. The smallest absolute Gasteiger partial charge is 0.242 e. The first kappa shape index (κ1) is 15.8. The molecule has 6 nitrogen and oxygen atoms in total. The van der Waals surface area contributed by atoms with Crippen LogP contribution < -0.4 is 10.5 Å². The van der Waals surface area contributed by atoms with Crippen molar-refractivity contribution >= 4 is 15.7 Å². The van der Waals surface area contributed by atoms with Gasteiger partial charge < -0.3 is 10.5 Å². The highest BCUT2D eigenvalue weighted by atomic mass is 32.2. The van der Waals surface area contributed by atoms with Crippen molar-refractivity contribution < 1.29 is 13.2 Å². The number of nitrogen functional groups attached to an aromatic ring is 1. The minimum Gasteiger partial charge on any atom is -0.398 e. The van der Waals surface area contributed by atoms with Gasteiger partial charge in [0.25, 0.3) is 0 Å². The molecule has 1 aromatic carbocycles. The highest BCUT2D eigenvalue weighted by Gasteiger charge is 2.21. The molecular formula is C14H19N3O3S. The van der Waals surface area contributed by atoms with Crippen LogP contribution in [0.2, 0.25) is 0 Å². The van der Waals surface area contributed by atoms with Gasteiger partial charge in [-0.1, -0.05) is 0 Å². The fourth-order valence-corrected chi connectivity index (χ4v) is 3.04. The first-order valence-electron chi connectivity index (χ1n) is 6.90. The van der Waals surface area contributed by atoms with Gasteiger partial charge in [-0.15, -0.1) is 0 Å². The Balaban J connectivity index is 1.81. The lowest BCUT2D eigenvalue weighted by Gasteiger charge is -2.09. The molecule has 0 atom stereocenters. The number of anilines is 1. The number of sulfonamides is 1. The minimum atomic E-state index is -3.65. The van der Waals surface area contributed by atoms with Crippen molar-refractivity contribution in [2.75, 3.05) is 25.5 Å². The van der Waals surface area contributed by atoms with Crippen molar-refractivity contribution in [2.24, 2.45) is 5.92 Å². The molecule has 0 spiro atoms. The van der Waals surface area contributed by atoms with E-state index < -0.39 is 10.0 Å². The van der Waals surface area contributed by atoms with Crippen LogP contribution >= 0.6 is 0 Å². The Labute approximate surface area is 125 Å². The molecule has 0 aromatic heterocycles. The van der Waals surface area contributed by atoms with Crippen molar-refractivity contribution in [2.45, 2.75) is 24.2 Å². The molecule has 7 heteroatoms. The van der Waals surface area contributed by atoms with E-state index in [1.807, 2.05) is 6.07 Å². The average molecular weight is 309 g/mol. The Hall–Kier alpha value is -1.62.